The van der Waals surface area contributed by atoms with Crippen LogP contribution in [0.15, 0.2) is 102 Å². The summed E-state index contributed by atoms with van der Waals surface area (Å²) in [6, 6.07) is 21.8. The predicted octanol–water partition coefficient (Wildman–Crippen LogP) is 4.92. The highest BCUT2D eigenvalue weighted by atomic mass is 16.6. The highest BCUT2D eigenvalue weighted by molar-refractivity contribution is 6.01. The number of hydrogen-bond acceptors (Lipinski definition) is 9. The van der Waals surface area contributed by atoms with Gasteiger partial charge in [0.05, 0.1) is 26.5 Å². The number of ketones is 1. The maximum absolute atomic E-state index is 14.0. The van der Waals surface area contributed by atoms with E-state index < -0.39 is 47.8 Å². The number of methoxy groups -OCH3 is 2. The largest absolute Gasteiger partial charge is 0.497 e. The van der Waals surface area contributed by atoms with Crippen LogP contribution in [-0.2, 0) is 27.2 Å². The summed E-state index contributed by atoms with van der Waals surface area (Å²) < 4.78 is 20.8. The second kappa shape index (κ2) is 18.0. The fourth-order valence-corrected chi connectivity index (χ4v) is 5.23. The number of benzene rings is 3. The molecular formula is C38H41N3O9. The Balaban J connectivity index is 1.58. The van der Waals surface area contributed by atoms with Crippen LogP contribution in [0.25, 0.3) is 0 Å². The number of carbonyl (C=O) groups excluding carboxylic acids is 5. The van der Waals surface area contributed by atoms with Crippen LogP contribution in [0.2, 0.25) is 0 Å². The van der Waals surface area contributed by atoms with E-state index in [1.807, 2.05) is 13.8 Å². The molecule has 0 bridgehead atoms. The van der Waals surface area contributed by atoms with E-state index in [1.165, 1.54) is 32.6 Å². The van der Waals surface area contributed by atoms with Gasteiger partial charge in [-0.1, -0.05) is 68.4 Å². The van der Waals surface area contributed by atoms with Crippen molar-refractivity contribution >= 4 is 29.7 Å². The fraction of sp³-hybridized carbons (Fsp3) is 0.289. The molecule has 1 unspecified atom stereocenters. The molecule has 0 fully saturated rings. The van der Waals surface area contributed by atoms with Crippen molar-refractivity contribution in [3.05, 3.63) is 120 Å². The molecule has 0 saturated heterocycles. The van der Waals surface area contributed by atoms with Gasteiger partial charge in [0.2, 0.25) is 17.6 Å². The molecule has 1 heterocycles. The van der Waals surface area contributed by atoms with E-state index in [0.29, 0.717) is 23.3 Å². The Bertz CT molecular complexity index is 1740. The van der Waals surface area contributed by atoms with Gasteiger partial charge in [-0.3, -0.25) is 14.4 Å². The average molecular weight is 684 g/mol. The van der Waals surface area contributed by atoms with Gasteiger partial charge in [0, 0.05) is 12.8 Å². The molecule has 0 aliphatic heterocycles. The van der Waals surface area contributed by atoms with E-state index in [0.717, 1.165) is 0 Å². The normalized spacial score (nSPS) is 12.6. The molecule has 3 aromatic carbocycles. The second-order valence-corrected chi connectivity index (χ2v) is 11.9. The number of para-hydroxylation sites is 1. The number of hydrogen-bond donors (Lipinski definition) is 3. The highest BCUT2D eigenvalue weighted by Gasteiger charge is 2.32. The van der Waals surface area contributed by atoms with Crippen molar-refractivity contribution in [3.63, 3.8) is 0 Å². The van der Waals surface area contributed by atoms with Crippen molar-refractivity contribution < 1.29 is 42.6 Å². The lowest BCUT2D eigenvalue weighted by Crippen LogP contribution is -2.57. The monoisotopic (exact) mass is 683 g/mol. The van der Waals surface area contributed by atoms with Crippen LogP contribution in [0.5, 0.6) is 11.5 Å². The first-order valence-corrected chi connectivity index (χ1v) is 16.1. The third kappa shape index (κ3) is 10.5. The smallest absolute Gasteiger partial charge is 0.415 e. The van der Waals surface area contributed by atoms with Crippen molar-refractivity contribution in [3.8, 4) is 11.5 Å². The number of ether oxygens (including phenoxy) is 3. The third-order valence-electron chi connectivity index (χ3n) is 7.74. The van der Waals surface area contributed by atoms with Crippen LogP contribution < -0.4 is 25.4 Å². The molecule has 0 aliphatic rings. The van der Waals surface area contributed by atoms with Crippen LogP contribution in [0.1, 0.15) is 52.3 Å². The third-order valence-corrected chi connectivity index (χ3v) is 7.74. The quantitative estimate of drug-likeness (QED) is 0.0846. The van der Waals surface area contributed by atoms with Crippen molar-refractivity contribution in [1.82, 2.24) is 16.0 Å². The number of alkyl carbamates (subject to hydrolysis) is 1. The van der Waals surface area contributed by atoms with E-state index in [-0.39, 0.29) is 35.8 Å². The maximum Gasteiger partial charge on any atom is 0.415 e. The Morgan fingerprint density at radius 3 is 1.86 bits per heavy atom. The number of rotatable bonds is 16. The van der Waals surface area contributed by atoms with Gasteiger partial charge in [0.1, 0.15) is 29.1 Å². The summed E-state index contributed by atoms with van der Waals surface area (Å²) in [5.74, 6) is -1.77. The van der Waals surface area contributed by atoms with Crippen LogP contribution in [0.3, 0.4) is 0 Å². The second-order valence-electron chi connectivity index (χ2n) is 11.9. The summed E-state index contributed by atoms with van der Waals surface area (Å²) in [5.41, 5.74) is 1.41. The molecule has 12 nitrogen and oxygen atoms in total. The minimum absolute atomic E-state index is 0.00838. The van der Waals surface area contributed by atoms with Gasteiger partial charge >= 0.3 is 12.1 Å². The molecule has 3 atom stereocenters. The molecule has 12 heteroatoms. The lowest BCUT2D eigenvalue weighted by Gasteiger charge is -2.26. The Morgan fingerprint density at radius 2 is 1.26 bits per heavy atom. The molecule has 3 N–H and O–H groups in total. The van der Waals surface area contributed by atoms with Gasteiger partial charge in [-0.25, -0.2) is 9.59 Å². The molecule has 0 aliphatic carbocycles. The summed E-state index contributed by atoms with van der Waals surface area (Å²) in [7, 11) is 2.91. The van der Waals surface area contributed by atoms with Gasteiger partial charge < -0.3 is 34.6 Å². The molecule has 0 spiro atoms. The zero-order valence-electron chi connectivity index (χ0n) is 28.3. The molecule has 3 amide bonds. The van der Waals surface area contributed by atoms with Gasteiger partial charge in [0.15, 0.2) is 5.76 Å². The van der Waals surface area contributed by atoms with Crippen LogP contribution in [0, 0.1) is 5.92 Å². The molecule has 262 valence electrons. The Kier molecular flexibility index (Phi) is 13.3. The lowest BCUT2D eigenvalue weighted by atomic mass is 9.97. The van der Waals surface area contributed by atoms with Crippen molar-refractivity contribution in [2.75, 3.05) is 14.2 Å². The van der Waals surface area contributed by atoms with Gasteiger partial charge in [-0.15, -0.1) is 0 Å². The first kappa shape index (κ1) is 36.9. The molecule has 0 radical (unpaired) electrons. The Hall–Kier alpha value is -5.91. The average Bonchev–Trinajstić information content (AvgIpc) is 3.66. The van der Waals surface area contributed by atoms with Gasteiger partial charge in [-0.2, -0.15) is 0 Å². The first-order valence-electron chi connectivity index (χ1n) is 16.1. The Morgan fingerprint density at radius 1 is 0.660 bits per heavy atom. The number of nitrogens with one attached hydrogen (secondary N) is 3. The predicted molar refractivity (Wildman–Crippen MR) is 184 cm³/mol. The topological polar surface area (TPSA) is 162 Å². The number of esters is 1. The van der Waals surface area contributed by atoms with Crippen LogP contribution >= 0.6 is 0 Å². The van der Waals surface area contributed by atoms with E-state index in [9.17, 15) is 24.0 Å². The van der Waals surface area contributed by atoms with Crippen molar-refractivity contribution in [2.24, 2.45) is 5.92 Å². The zero-order chi connectivity index (χ0) is 36.0. The summed E-state index contributed by atoms with van der Waals surface area (Å²) in [5, 5.41) is 8.06. The summed E-state index contributed by atoms with van der Waals surface area (Å²) >= 11 is 0. The minimum atomic E-state index is -1.27. The number of Topliss-reactive ketones (excluding diaryl/α,β-unsaturated/α-hetero) is 1. The summed E-state index contributed by atoms with van der Waals surface area (Å²) in [6.45, 7) is 3.84. The molecule has 0 saturated carbocycles. The minimum Gasteiger partial charge on any atom is -0.497 e. The number of amides is 3. The Labute approximate surface area is 290 Å². The van der Waals surface area contributed by atoms with E-state index in [2.05, 4.69) is 16.0 Å². The van der Waals surface area contributed by atoms with Crippen LogP contribution in [-0.4, -0.2) is 62.0 Å². The first-order chi connectivity index (χ1) is 24.1. The molecular weight excluding hydrogens is 642 g/mol. The van der Waals surface area contributed by atoms with Crippen molar-refractivity contribution in [1.29, 1.82) is 0 Å². The molecule has 50 heavy (non-hydrogen) atoms. The van der Waals surface area contributed by atoms with Gasteiger partial charge in [0.25, 0.3) is 0 Å². The molecule has 4 rings (SSSR count). The molecule has 4 aromatic rings. The lowest BCUT2D eigenvalue weighted by molar-refractivity contribution is -0.130. The van der Waals surface area contributed by atoms with E-state index >= 15 is 0 Å². The number of carbonyl (C=O) groups is 5. The summed E-state index contributed by atoms with van der Waals surface area (Å²) in [6.07, 6.45) is 0.574. The summed E-state index contributed by atoms with van der Waals surface area (Å²) in [4.78, 5) is 67.1. The SMILES string of the molecule is COc1ccc(C[C@H](NC(=O)C(Cc2ccccc2)NC(=O)OC(=O)c2ccccc2OC)C(=O)N[C@@H](CC(C)C)C(=O)c2ccco2)cc1. The van der Waals surface area contributed by atoms with Crippen LogP contribution in [0.4, 0.5) is 4.79 Å². The number of furan rings is 1. The van der Waals surface area contributed by atoms with Gasteiger partial charge in [-0.05, 0) is 59.9 Å². The standard InChI is InChI=1S/C38H41N3O9/c1-24(2)21-29(34(42)33-15-10-20-49-33)39-35(43)30(23-26-16-18-27(47-3)19-17-26)40-36(44)31(22-25-11-6-5-7-12-25)41-38(46)50-37(45)28-13-8-9-14-32(28)48-4/h5-20,24,29-31H,21-23H2,1-4H3,(H,39,43)(H,40,44)(H,41,46)/t29-,30-,31?/m0/s1. The van der Waals surface area contributed by atoms with Crippen molar-refractivity contribution in [2.45, 2.75) is 51.2 Å². The van der Waals surface area contributed by atoms with E-state index in [1.54, 1.807) is 78.9 Å². The maximum atomic E-state index is 14.0. The zero-order valence-corrected chi connectivity index (χ0v) is 28.3. The van der Waals surface area contributed by atoms with E-state index in [4.69, 9.17) is 18.6 Å². The highest BCUT2D eigenvalue weighted by Crippen LogP contribution is 2.19. The fourth-order valence-electron chi connectivity index (χ4n) is 5.23. The molecule has 1 aromatic heterocycles.